The second kappa shape index (κ2) is 5.40. The van der Waals surface area contributed by atoms with E-state index < -0.39 is 0 Å². The van der Waals surface area contributed by atoms with Crippen molar-refractivity contribution < 1.29 is 0 Å². The Labute approximate surface area is 102 Å². The SMILES string of the molecule is CN(C)Cc1nc(N)nc(C2CCCCC2)n1. The van der Waals surface area contributed by atoms with Crippen LogP contribution in [0.5, 0.6) is 0 Å². The van der Waals surface area contributed by atoms with Gasteiger partial charge < -0.3 is 10.6 Å². The summed E-state index contributed by atoms with van der Waals surface area (Å²) in [5.41, 5.74) is 5.76. The lowest BCUT2D eigenvalue weighted by atomic mass is 9.89. The summed E-state index contributed by atoms with van der Waals surface area (Å²) in [4.78, 5) is 15.1. The molecule has 0 saturated heterocycles. The highest BCUT2D eigenvalue weighted by atomic mass is 15.1. The van der Waals surface area contributed by atoms with Crippen molar-refractivity contribution in [1.82, 2.24) is 19.9 Å². The summed E-state index contributed by atoms with van der Waals surface area (Å²) in [5, 5.41) is 0. The lowest BCUT2D eigenvalue weighted by Crippen LogP contribution is -2.18. The van der Waals surface area contributed by atoms with Crippen LogP contribution in [0.2, 0.25) is 0 Å². The van der Waals surface area contributed by atoms with E-state index in [2.05, 4.69) is 15.0 Å². The molecule has 0 aliphatic heterocycles. The molecular weight excluding hydrogens is 214 g/mol. The number of anilines is 1. The van der Waals surface area contributed by atoms with Gasteiger partial charge in [0.2, 0.25) is 5.95 Å². The van der Waals surface area contributed by atoms with Crippen molar-refractivity contribution in [3.05, 3.63) is 11.6 Å². The van der Waals surface area contributed by atoms with Gasteiger partial charge in [-0.1, -0.05) is 19.3 Å². The van der Waals surface area contributed by atoms with Crippen LogP contribution in [-0.2, 0) is 6.54 Å². The maximum Gasteiger partial charge on any atom is 0.223 e. The molecule has 0 unspecified atom stereocenters. The van der Waals surface area contributed by atoms with Gasteiger partial charge in [-0.25, -0.2) is 4.98 Å². The molecule has 1 aromatic heterocycles. The van der Waals surface area contributed by atoms with Crippen LogP contribution >= 0.6 is 0 Å². The molecule has 2 N–H and O–H groups in total. The molecule has 0 spiro atoms. The first-order valence-corrected chi connectivity index (χ1v) is 6.30. The Morgan fingerprint density at radius 2 is 1.82 bits per heavy atom. The van der Waals surface area contributed by atoms with Crippen LogP contribution in [-0.4, -0.2) is 33.9 Å². The Bertz CT molecular complexity index is 371. The van der Waals surface area contributed by atoms with Gasteiger partial charge in [-0.3, -0.25) is 0 Å². The number of nitrogen functional groups attached to an aromatic ring is 1. The topological polar surface area (TPSA) is 67.9 Å². The van der Waals surface area contributed by atoms with Gasteiger partial charge in [0, 0.05) is 5.92 Å². The highest BCUT2D eigenvalue weighted by Gasteiger charge is 2.19. The minimum Gasteiger partial charge on any atom is -0.368 e. The van der Waals surface area contributed by atoms with E-state index in [0.29, 0.717) is 18.4 Å². The fraction of sp³-hybridized carbons (Fsp3) is 0.750. The summed E-state index contributed by atoms with van der Waals surface area (Å²) in [6.07, 6.45) is 6.26. The van der Waals surface area contributed by atoms with Crippen LogP contribution in [0.4, 0.5) is 5.95 Å². The van der Waals surface area contributed by atoms with E-state index in [1.165, 1.54) is 32.1 Å². The molecule has 0 atom stereocenters. The van der Waals surface area contributed by atoms with E-state index in [0.717, 1.165) is 11.6 Å². The van der Waals surface area contributed by atoms with Crippen molar-refractivity contribution in [2.24, 2.45) is 0 Å². The van der Waals surface area contributed by atoms with Crippen molar-refractivity contribution in [3.8, 4) is 0 Å². The molecule has 0 bridgehead atoms. The molecule has 17 heavy (non-hydrogen) atoms. The van der Waals surface area contributed by atoms with E-state index in [1.807, 2.05) is 19.0 Å². The molecule has 0 amide bonds. The third-order valence-electron chi connectivity index (χ3n) is 3.14. The largest absolute Gasteiger partial charge is 0.368 e. The van der Waals surface area contributed by atoms with E-state index >= 15 is 0 Å². The minimum absolute atomic E-state index is 0.359. The Balaban J connectivity index is 2.18. The predicted molar refractivity (Wildman–Crippen MR) is 67.5 cm³/mol. The van der Waals surface area contributed by atoms with Crippen molar-refractivity contribution in [1.29, 1.82) is 0 Å². The molecule has 0 aromatic carbocycles. The highest BCUT2D eigenvalue weighted by Crippen LogP contribution is 2.30. The normalized spacial score (nSPS) is 17.6. The molecule has 0 radical (unpaired) electrons. The Hall–Kier alpha value is -1.23. The van der Waals surface area contributed by atoms with Gasteiger partial charge in [0.15, 0.2) is 0 Å². The highest BCUT2D eigenvalue weighted by molar-refractivity contribution is 5.17. The van der Waals surface area contributed by atoms with Gasteiger partial charge in [0.05, 0.1) is 6.54 Å². The summed E-state index contributed by atoms with van der Waals surface area (Å²) in [5.74, 6) is 2.52. The molecule has 1 aliphatic rings. The standard InChI is InChI=1S/C12H21N5/c1-17(2)8-10-14-11(16-12(13)15-10)9-6-4-3-5-7-9/h9H,3-8H2,1-2H3,(H2,13,14,15,16). The summed E-state index contributed by atoms with van der Waals surface area (Å²) in [6.45, 7) is 0.715. The first-order chi connectivity index (χ1) is 8.15. The lowest BCUT2D eigenvalue weighted by Gasteiger charge is -2.20. The molecule has 1 heterocycles. The molecule has 1 fully saturated rings. The second-order valence-electron chi connectivity index (χ2n) is 5.04. The molecule has 5 heteroatoms. The number of rotatable bonds is 3. The second-order valence-corrected chi connectivity index (χ2v) is 5.04. The van der Waals surface area contributed by atoms with Gasteiger partial charge in [-0.05, 0) is 26.9 Å². The molecule has 1 aliphatic carbocycles. The Morgan fingerprint density at radius 1 is 1.12 bits per heavy atom. The van der Waals surface area contributed by atoms with Crippen LogP contribution in [0.15, 0.2) is 0 Å². The summed E-state index contributed by atoms with van der Waals surface area (Å²) in [7, 11) is 4.00. The monoisotopic (exact) mass is 235 g/mol. The van der Waals surface area contributed by atoms with Crippen LogP contribution < -0.4 is 5.73 Å². The molecule has 94 valence electrons. The fourth-order valence-corrected chi connectivity index (χ4v) is 2.35. The minimum atomic E-state index is 0.359. The van der Waals surface area contributed by atoms with Crippen molar-refractivity contribution in [2.45, 2.75) is 44.6 Å². The van der Waals surface area contributed by atoms with Crippen LogP contribution in [0.3, 0.4) is 0 Å². The van der Waals surface area contributed by atoms with Gasteiger partial charge >= 0.3 is 0 Å². The maximum atomic E-state index is 5.76. The first-order valence-electron chi connectivity index (χ1n) is 6.30. The van der Waals surface area contributed by atoms with Gasteiger partial charge in [0.25, 0.3) is 0 Å². The third-order valence-corrected chi connectivity index (χ3v) is 3.14. The van der Waals surface area contributed by atoms with Gasteiger partial charge in [-0.15, -0.1) is 0 Å². The lowest BCUT2D eigenvalue weighted by molar-refractivity contribution is 0.383. The van der Waals surface area contributed by atoms with Crippen molar-refractivity contribution >= 4 is 5.95 Å². The van der Waals surface area contributed by atoms with Crippen LogP contribution in [0, 0.1) is 0 Å². The van der Waals surface area contributed by atoms with Crippen molar-refractivity contribution in [2.75, 3.05) is 19.8 Å². The zero-order valence-electron chi connectivity index (χ0n) is 10.7. The quantitative estimate of drug-likeness (QED) is 0.861. The molecule has 1 aromatic rings. The Kier molecular flexibility index (Phi) is 3.89. The van der Waals surface area contributed by atoms with Crippen molar-refractivity contribution in [3.63, 3.8) is 0 Å². The summed E-state index contributed by atoms with van der Waals surface area (Å²) in [6, 6.07) is 0. The number of hydrogen-bond donors (Lipinski definition) is 1. The maximum absolute atomic E-state index is 5.76. The van der Waals surface area contributed by atoms with E-state index in [1.54, 1.807) is 0 Å². The number of nitrogens with two attached hydrogens (primary N) is 1. The first kappa shape index (κ1) is 12.2. The number of hydrogen-bond acceptors (Lipinski definition) is 5. The number of aromatic nitrogens is 3. The molecule has 1 saturated carbocycles. The zero-order chi connectivity index (χ0) is 12.3. The third kappa shape index (κ3) is 3.36. The molecule has 2 rings (SSSR count). The Morgan fingerprint density at radius 3 is 2.47 bits per heavy atom. The van der Waals surface area contributed by atoms with E-state index in [-0.39, 0.29) is 0 Å². The van der Waals surface area contributed by atoms with Gasteiger partial charge in [-0.2, -0.15) is 9.97 Å². The van der Waals surface area contributed by atoms with Crippen LogP contribution in [0.1, 0.15) is 49.7 Å². The average molecular weight is 235 g/mol. The smallest absolute Gasteiger partial charge is 0.223 e. The summed E-state index contributed by atoms with van der Waals surface area (Å²) < 4.78 is 0. The van der Waals surface area contributed by atoms with Gasteiger partial charge in [0.1, 0.15) is 11.6 Å². The zero-order valence-corrected chi connectivity index (χ0v) is 10.7. The van der Waals surface area contributed by atoms with Crippen LogP contribution in [0.25, 0.3) is 0 Å². The predicted octanol–water partition coefficient (Wildman–Crippen LogP) is 1.56. The van der Waals surface area contributed by atoms with E-state index in [4.69, 9.17) is 5.73 Å². The van der Waals surface area contributed by atoms with E-state index in [9.17, 15) is 0 Å². The molecule has 5 nitrogen and oxygen atoms in total. The molecular formula is C12H21N5. The summed E-state index contributed by atoms with van der Waals surface area (Å²) >= 11 is 0. The average Bonchev–Trinajstić information content (AvgIpc) is 2.28. The number of nitrogens with zero attached hydrogens (tertiary/aromatic N) is 4. The fourth-order valence-electron chi connectivity index (χ4n) is 2.35.